The van der Waals surface area contributed by atoms with E-state index >= 15 is 0 Å². The van der Waals surface area contributed by atoms with E-state index in [-0.39, 0.29) is 0 Å². The largest absolute Gasteiger partial charge is 0.365 e. The van der Waals surface area contributed by atoms with Crippen LogP contribution in [0.2, 0.25) is 0 Å². The number of pyridine rings is 1. The first kappa shape index (κ1) is 18.3. The molecule has 136 valence electrons. The molecule has 3 aromatic heterocycles. The van der Waals surface area contributed by atoms with Gasteiger partial charge in [-0.15, -0.1) is 11.3 Å². The van der Waals surface area contributed by atoms with Crippen molar-refractivity contribution in [1.29, 1.82) is 0 Å². The van der Waals surface area contributed by atoms with Crippen LogP contribution in [0, 0.1) is 0 Å². The van der Waals surface area contributed by atoms with Gasteiger partial charge >= 0.3 is 0 Å². The summed E-state index contributed by atoms with van der Waals surface area (Å²) in [5.74, 6) is 1.42. The molecule has 26 heavy (non-hydrogen) atoms. The van der Waals surface area contributed by atoms with E-state index in [1.54, 1.807) is 17.5 Å². The van der Waals surface area contributed by atoms with Crippen LogP contribution in [0.3, 0.4) is 0 Å². The first-order chi connectivity index (χ1) is 12.7. The molecule has 0 saturated carbocycles. The van der Waals surface area contributed by atoms with E-state index in [0.29, 0.717) is 5.95 Å². The van der Waals surface area contributed by atoms with Gasteiger partial charge in [0.25, 0.3) is 0 Å². The summed E-state index contributed by atoms with van der Waals surface area (Å²) in [5, 5.41) is 8.80. The van der Waals surface area contributed by atoms with E-state index in [2.05, 4.69) is 62.1 Å². The van der Waals surface area contributed by atoms with E-state index in [1.807, 2.05) is 24.3 Å². The lowest BCUT2D eigenvalue weighted by Gasteiger charge is -2.12. The fraction of sp³-hybridized carbons (Fsp3) is 0.316. The van der Waals surface area contributed by atoms with Gasteiger partial charge in [0, 0.05) is 23.7 Å². The molecule has 6 nitrogen and oxygen atoms in total. The van der Waals surface area contributed by atoms with E-state index in [0.717, 1.165) is 43.3 Å². The second-order valence-corrected chi connectivity index (χ2v) is 7.23. The molecule has 0 fully saturated rings. The van der Waals surface area contributed by atoms with Gasteiger partial charge in [0.15, 0.2) is 0 Å². The Kier molecular flexibility index (Phi) is 6.51. The molecular weight excluding hydrogens is 344 g/mol. The second kappa shape index (κ2) is 9.26. The maximum absolute atomic E-state index is 4.63. The van der Waals surface area contributed by atoms with Gasteiger partial charge in [-0.1, -0.05) is 12.1 Å². The molecule has 3 aromatic rings. The predicted molar refractivity (Wildman–Crippen MR) is 109 cm³/mol. The lowest BCUT2D eigenvalue weighted by atomic mass is 10.2. The quantitative estimate of drug-likeness (QED) is 0.563. The van der Waals surface area contributed by atoms with E-state index in [4.69, 9.17) is 0 Å². The van der Waals surface area contributed by atoms with Crippen molar-refractivity contribution >= 4 is 23.1 Å². The smallest absolute Gasteiger partial charge is 0.225 e. The van der Waals surface area contributed by atoms with Gasteiger partial charge in [-0.05, 0) is 50.6 Å². The average Bonchev–Trinajstić information content (AvgIpc) is 3.18. The van der Waals surface area contributed by atoms with Crippen LogP contribution in [-0.2, 0) is 6.54 Å². The van der Waals surface area contributed by atoms with Crippen LogP contribution in [0.1, 0.15) is 11.3 Å². The minimum absolute atomic E-state index is 0.626. The maximum Gasteiger partial charge on any atom is 0.225 e. The number of thiophene rings is 1. The van der Waals surface area contributed by atoms with Crippen LogP contribution < -0.4 is 10.6 Å². The Morgan fingerprint density at radius 1 is 1.04 bits per heavy atom. The lowest BCUT2D eigenvalue weighted by molar-refractivity contribution is 0.405. The van der Waals surface area contributed by atoms with Crippen molar-refractivity contribution in [1.82, 2.24) is 19.9 Å². The highest BCUT2D eigenvalue weighted by atomic mass is 32.1. The Labute approximate surface area is 158 Å². The average molecular weight is 369 g/mol. The van der Waals surface area contributed by atoms with Gasteiger partial charge in [0.2, 0.25) is 5.95 Å². The molecule has 0 aliphatic carbocycles. The fourth-order valence-corrected chi connectivity index (χ4v) is 3.09. The van der Waals surface area contributed by atoms with Crippen molar-refractivity contribution in [3.63, 3.8) is 0 Å². The lowest BCUT2D eigenvalue weighted by Crippen LogP contribution is -2.17. The number of rotatable bonds is 9. The van der Waals surface area contributed by atoms with Gasteiger partial charge < -0.3 is 15.5 Å². The van der Waals surface area contributed by atoms with Crippen LogP contribution in [-0.4, -0.2) is 47.0 Å². The third-order valence-corrected chi connectivity index (χ3v) is 4.62. The molecule has 0 spiro atoms. The van der Waals surface area contributed by atoms with Crippen molar-refractivity contribution in [3.05, 3.63) is 52.9 Å². The topological polar surface area (TPSA) is 66.0 Å². The van der Waals surface area contributed by atoms with Crippen molar-refractivity contribution in [2.45, 2.75) is 13.0 Å². The Morgan fingerprint density at radius 2 is 1.96 bits per heavy atom. The van der Waals surface area contributed by atoms with E-state index < -0.39 is 0 Å². The monoisotopic (exact) mass is 368 g/mol. The minimum Gasteiger partial charge on any atom is -0.365 e. The van der Waals surface area contributed by atoms with Gasteiger partial charge in [-0.2, -0.15) is 4.98 Å². The number of anilines is 2. The molecule has 0 aliphatic heterocycles. The summed E-state index contributed by atoms with van der Waals surface area (Å²) in [7, 11) is 4.15. The van der Waals surface area contributed by atoms with Crippen LogP contribution in [0.5, 0.6) is 0 Å². The fourth-order valence-electron chi connectivity index (χ4n) is 2.45. The Hall–Kier alpha value is -2.51. The Balaban J connectivity index is 1.75. The predicted octanol–water partition coefficient (Wildman–Crippen LogP) is 3.58. The number of hydrogen-bond acceptors (Lipinski definition) is 7. The highest BCUT2D eigenvalue weighted by Gasteiger charge is 2.08. The molecule has 0 aliphatic rings. The summed E-state index contributed by atoms with van der Waals surface area (Å²) >= 11 is 1.73. The van der Waals surface area contributed by atoms with E-state index in [1.165, 1.54) is 4.88 Å². The third-order valence-electron chi connectivity index (χ3n) is 3.74. The molecule has 0 saturated heterocycles. The van der Waals surface area contributed by atoms with Crippen LogP contribution in [0.15, 0.2) is 48.0 Å². The van der Waals surface area contributed by atoms with Crippen LogP contribution >= 0.6 is 11.3 Å². The summed E-state index contributed by atoms with van der Waals surface area (Å²) < 4.78 is 0. The molecule has 3 rings (SSSR count). The van der Waals surface area contributed by atoms with Crippen molar-refractivity contribution in [3.8, 4) is 11.4 Å². The molecule has 0 atom stereocenters. The molecule has 0 unspecified atom stereocenters. The Bertz CT molecular complexity index is 789. The van der Waals surface area contributed by atoms with Gasteiger partial charge in [-0.25, -0.2) is 4.98 Å². The van der Waals surface area contributed by atoms with Crippen molar-refractivity contribution < 1.29 is 0 Å². The SMILES string of the molecule is CN(C)CCCNc1nc(NCc2cccs2)cc(-c2ccccn2)n1. The van der Waals surface area contributed by atoms with Crippen LogP contribution in [0.4, 0.5) is 11.8 Å². The summed E-state index contributed by atoms with van der Waals surface area (Å²) in [6, 6.07) is 11.9. The summed E-state index contributed by atoms with van der Waals surface area (Å²) in [4.78, 5) is 17.1. The molecule has 0 aromatic carbocycles. The van der Waals surface area contributed by atoms with Gasteiger partial charge in [0.1, 0.15) is 5.82 Å². The zero-order valence-electron chi connectivity index (χ0n) is 15.1. The highest BCUT2D eigenvalue weighted by Crippen LogP contribution is 2.20. The molecular formula is C19H24N6S. The maximum atomic E-state index is 4.63. The van der Waals surface area contributed by atoms with E-state index in [9.17, 15) is 0 Å². The first-order valence-corrected chi connectivity index (χ1v) is 9.54. The molecule has 7 heteroatoms. The van der Waals surface area contributed by atoms with Crippen molar-refractivity contribution in [2.75, 3.05) is 37.8 Å². The minimum atomic E-state index is 0.626. The summed E-state index contributed by atoms with van der Waals surface area (Å²) in [5.41, 5.74) is 1.65. The normalized spacial score (nSPS) is 10.9. The van der Waals surface area contributed by atoms with Gasteiger partial charge in [0.05, 0.1) is 17.9 Å². The molecule has 0 bridgehead atoms. The third kappa shape index (κ3) is 5.50. The molecule has 0 radical (unpaired) electrons. The standard InChI is InChI=1S/C19H24N6S/c1-25(2)11-6-10-21-19-23-17(16-8-3-4-9-20-16)13-18(24-19)22-14-15-7-5-12-26-15/h3-5,7-9,12-13H,6,10-11,14H2,1-2H3,(H2,21,22,23,24). The molecule has 3 heterocycles. The number of nitrogens with zero attached hydrogens (tertiary/aromatic N) is 4. The number of aromatic nitrogens is 3. The number of hydrogen-bond donors (Lipinski definition) is 2. The molecule has 2 N–H and O–H groups in total. The van der Waals surface area contributed by atoms with Crippen LogP contribution in [0.25, 0.3) is 11.4 Å². The highest BCUT2D eigenvalue weighted by molar-refractivity contribution is 7.09. The van der Waals surface area contributed by atoms with Crippen molar-refractivity contribution in [2.24, 2.45) is 0 Å². The first-order valence-electron chi connectivity index (χ1n) is 8.66. The Morgan fingerprint density at radius 3 is 2.69 bits per heavy atom. The zero-order chi connectivity index (χ0) is 18.2. The zero-order valence-corrected chi connectivity index (χ0v) is 16.0. The number of nitrogens with one attached hydrogen (secondary N) is 2. The summed E-state index contributed by atoms with van der Waals surface area (Å²) in [6.45, 7) is 2.60. The second-order valence-electron chi connectivity index (χ2n) is 6.19. The summed E-state index contributed by atoms with van der Waals surface area (Å²) in [6.07, 6.45) is 2.81. The van der Waals surface area contributed by atoms with Gasteiger partial charge in [-0.3, -0.25) is 4.98 Å². The molecule has 0 amide bonds.